The van der Waals surface area contributed by atoms with Crippen LogP contribution in [-0.2, 0) is 4.79 Å². The maximum Gasteiger partial charge on any atom is 0.137 e. The fourth-order valence-corrected chi connectivity index (χ4v) is 3.59. The summed E-state index contributed by atoms with van der Waals surface area (Å²) in [6.45, 7) is 22.5. The highest BCUT2D eigenvalue weighted by Crippen LogP contribution is 2.38. The minimum Gasteiger partial charge on any atom is -0.301 e. The van der Waals surface area contributed by atoms with Gasteiger partial charge in [-0.25, -0.2) is 0 Å². The smallest absolute Gasteiger partial charge is 0.137 e. The van der Waals surface area contributed by atoms with Crippen molar-refractivity contribution < 1.29 is 4.79 Å². The molecule has 0 radical (unpaired) electrons. The molecule has 0 fully saturated rings. The van der Waals surface area contributed by atoms with Gasteiger partial charge in [-0.05, 0) is 16.2 Å². The van der Waals surface area contributed by atoms with Crippen molar-refractivity contribution >= 4 is 21.6 Å². The molecule has 0 aromatic carbocycles. The van der Waals surface area contributed by atoms with E-state index in [-0.39, 0.29) is 5.04 Å². The van der Waals surface area contributed by atoms with Crippen LogP contribution in [0.1, 0.15) is 41.5 Å². The van der Waals surface area contributed by atoms with E-state index in [1.54, 1.807) is 0 Å². The molecule has 3 heteroatoms. The van der Waals surface area contributed by atoms with Gasteiger partial charge in [0.1, 0.15) is 13.5 Å². The second-order valence-corrected chi connectivity index (χ2v) is 19.1. The van der Waals surface area contributed by atoms with Gasteiger partial charge in [0, 0.05) is 0 Å². The quantitative estimate of drug-likeness (QED) is 0.514. The van der Waals surface area contributed by atoms with Crippen LogP contribution in [0.5, 0.6) is 0 Å². The van der Waals surface area contributed by atoms with Gasteiger partial charge >= 0.3 is 0 Å². The Morgan fingerprint density at radius 3 is 1.50 bits per heavy atom. The predicted molar refractivity (Wildman–Crippen MR) is 88.5 cm³/mol. The molecule has 0 aromatic heterocycles. The van der Waals surface area contributed by atoms with Crippen LogP contribution in [-0.4, -0.2) is 21.6 Å². The van der Waals surface area contributed by atoms with Crippen molar-refractivity contribution in [2.45, 2.75) is 77.8 Å². The van der Waals surface area contributed by atoms with Crippen molar-refractivity contribution in [2.24, 2.45) is 0 Å². The van der Waals surface area contributed by atoms with Crippen LogP contribution in [0.3, 0.4) is 0 Å². The Labute approximate surface area is 116 Å². The third-order valence-corrected chi connectivity index (χ3v) is 15.1. The van der Waals surface area contributed by atoms with Gasteiger partial charge in [0.15, 0.2) is 0 Å². The predicted octanol–water partition coefficient (Wildman–Crippen LogP) is 5.21. The van der Waals surface area contributed by atoms with E-state index in [2.05, 4.69) is 73.4 Å². The first-order valence-electron chi connectivity index (χ1n) is 6.86. The van der Waals surface area contributed by atoms with Crippen LogP contribution >= 0.6 is 0 Å². The van der Waals surface area contributed by atoms with E-state index < -0.39 is 16.1 Å². The highest BCUT2D eigenvalue weighted by atomic mass is 28.3. The zero-order valence-electron chi connectivity index (χ0n) is 14.1. The number of allylic oxidation sites excluding steroid dienone is 1. The first-order valence-corrected chi connectivity index (χ1v) is 12.9. The van der Waals surface area contributed by atoms with Gasteiger partial charge in [-0.3, -0.25) is 0 Å². The molecule has 0 amide bonds. The lowest BCUT2D eigenvalue weighted by atomic mass is 10.2. The van der Waals surface area contributed by atoms with Crippen molar-refractivity contribution in [3.05, 3.63) is 11.8 Å². The minimum atomic E-state index is -1.87. The third kappa shape index (κ3) is 3.92. The molecule has 0 aromatic rings. The monoisotopic (exact) mass is 284 g/mol. The van der Waals surface area contributed by atoms with Gasteiger partial charge in [0.05, 0.1) is 8.07 Å². The van der Waals surface area contributed by atoms with Crippen LogP contribution < -0.4 is 0 Å². The average Bonchev–Trinajstić information content (AvgIpc) is 2.10. The molecule has 1 nitrogen and oxygen atoms in total. The van der Waals surface area contributed by atoms with E-state index in [9.17, 15) is 4.79 Å². The number of carbonyl (C=O) groups excluding carboxylic acids is 1. The molecule has 0 aliphatic rings. The van der Waals surface area contributed by atoms with Crippen molar-refractivity contribution in [1.29, 1.82) is 0 Å². The highest BCUT2D eigenvalue weighted by Gasteiger charge is 2.41. The lowest BCUT2D eigenvalue weighted by Crippen LogP contribution is -2.45. The molecular weight excluding hydrogens is 252 g/mol. The molecule has 0 rings (SSSR count). The van der Waals surface area contributed by atoms with Gasteiger partial charge in [0.25, 0.3) is 0 Å². The van der Waals surface area contributed by atoms with E-state index in [1.807, 2.05) is 6.08 Å². The SMILES string of the molecule is CC(C)(C)[Si](C)(C)/C=C/C(=O)[Si](C)(C)C(C)(C)C. The number of hydrogen-bond acceptors (Lipinski definition) is 1. The zero-order chi connectivity index (χ0) is 15.0. The normalized spacial score (nSPS) is 15.2. The summed E-state index contributed by atoms with van der Waals surface area (Å²) in [5.41, 5.74) is 2.25. The van der Waals surface area contributed by atoms with Crippen LogP contribution in [0.2, 0.25) is 36.3 Å². The maximum absolute atomic E-state index is 12.5. The van der Waals surface area contributed by atoms with Gasteiger partial charge in [-0.1, -0.05) is 73.4 Å². The minimum absolute atomic E-state index is 0.127. The van der Waals surface area contributed by atoms with Crippen molar-refractivity contribution in [3.8, 4) is 0 Å². The van der Waals surface area contributed by atoms with Crippen molar-refractivity contribution in [2.75, 3.05) is 0 Å². The lowest BCUT2D eigenvalue weighted by Gasteiger charge is -2.36. The van der Waals surface area contributed by atoms with E-state index in [1.165, 1.54) is 0 Å². The topological polar surface area (TPSA) is 17.1 Å². The van der Waals surface area contributed by atoms with Crippen LogP contribution in [0.25, 0.3) is 0 Å². The van der Waals surface area contributed by atoms with Gasteiger partial charge in [-0.2, -0.15) is 0 Å². The van der Waals surface area contributed by atoms with Crippen molar-refractivity contribution in [3.63, 3.8) is 0 Å². The van der Waals surface area contributed by atoms with Crippen LogP contribution in [0, 0.1) is 0 Å². The number of hydrogen-bond donors (Lipinski definition) is 0. The summed E-state index contributed by atoms with van der Waals surface area (Å²) in [6.07, 6.45) is 1.91. The Morgan fingerprint density at radius 2 is 1.22 bits per heavy atom. The fourth-order valence-electron chi connectivity index (χ4n) is 1.11. The van der Waals surface area contributed by atoms with Crippen molar-refractivity contribution in [1.82, 2.24) is 0 Å². The summed E-state index contributed by atoms with van der Waals surface area (Å²) in [5.74, 6) is 0. The van der Waals surface area contributed by atoms with E-state index in [4.69, 9.17) is 0 Å². The molecule has 106 valence electrons. The molecule has 0 unspecified atom stereocenters. The Kier molecular flexibility index (Phi) is 5.04. The molecule has 0 saturated heterocycles. The van der Waals surface area contributed by atoms with Gasteiger partial charge < -0.3 is 4.79 Å². The molecular formula is C15H32OSi2. The summed E-state index contributed by atoms with van der Waals surface area (Å²) in [6, 6.07) is 0. The number of carbonyl (C=O) groups is 1. The summed E-state index contributed by atoms with van der Waals surface area (Å²) < 4.78 is 0. The standard InChI is InChI=1S/C15H32OSi2/c1-14(2,3)17(7,8)12-11-13(16)18(9,10)15(4,5)6/h11-12H,1-10H3/b12-11+. The van der Waals surface area contributed by atoms with E-state index in [0.717, 1.165) is 0 Å². The Morgan fingerprint density at radius 1 is 0.833 bits per heavy atom. The largest absolute Gasteiger partial charge is 0.301 e. The summed E-state index contributed by atoms with van der Waals surface area (Å²) in [7, 11) is -3.36. The molecule has 0 atom stereocenters. The number of rotatable bonds is 3. The fraction of sp³-hybridized carbons (Fsp3) is 0.800. The summed E-state index contributed by atoms with van der Waals surface area (Å²) in [4.78, 5) is 12.5. The average molecular weight is 285 g/mol. The first-order chi connectivity index (χ1) is 7.63. The molecule has 0 spiro atoms. The summed E-state index contributed by atoms with van der Waals surface area (Å²) in [5, 5.41) is 0.818. The van der Waals surface area contributed by atoms with E-state index >= 15 is 0 Å². The Hall–Kier alpha value is -0.156. The second-order valence-electron chi connectivity index (χ2n) is 8.54. The Balaban J connectivity index is 5.11. The van der Waals surface area contributed by atoms with Crippen LogP contribution in [0.4, 0.5) is 0 Å². The maximum atomic E-state index is 12.5. The van der Waals surface area contributed by atoms with Gasteiger partial charge in [0.2, 0.25) is 0 Å². The zero-order valence-corrected chi connectivity index (χ0v) is 16.1. The molecule has 0 N–H and O–H groups in total. The van der Waals surface area contributed by atoms with E-state index in [0.29, 0.717) is 10.4 Å². The first kappa shape index (κ1) is 17.8. The highest BCUT2D eigenvalue weighted by molar-refractivity contribution is 7.07. The summed E-state index contributed by atoms with van der Waals surface area (Å²) >= 11 is 0. The lowest BCUT2D eigenvalue weighted by molar-refractivity contribution is -0.108. The van der Waals surface area contributed by atoms with Crippen LogP contribution in [0.15, 0.2) is 11.8 Å². The molecule has 18 heavy (non-hydrogen) atoms. The van der Waals surface area contributed by atoms with Gasteiger partial charge in [-0.15, -0.1) is 0 Å². The Bertz CT molecular complexity index is 338. The second kappa shape index (κ2) is 5.08. The molecule has 0 aliphatic heterocycles. The third-order valence-electron chi connectivity index (χ3n) is 5.08. The molecule has 0 saturated carbocycles. The molecule has 0 bridgehead atoms. The molecule has 0 aliphatic carbocycles. The molecule has 0 heterocycles.